The summed E-state index contributed by atoms with van der Waals surface area (Å²) in [5.74, 6) is 0.688. The van der Waals surface area contributed by atoms with Crippen LogP contribution in [0.2, 0.25) is 0 Å². The number of aliphatic hydroxyl groups is 9. The van der Waals surface area contributed by atoms with Crippen LogP contribution in [0.1, 0.15) is 79.6 Å². The summed E-state index contributed by atoms with van der Waals surface area (Å²) >= 11 is 0. The van der Waals surface area contributed by atoms with Crippen LogP contribution < -0.4 is 0 Å². The molecule has 0 bridgehead atoms. The molecule has 55 heavy (non-hydrogen) atoms. The molecule has 0 aromatic rings. The van der Waals surface area contributed by atoms with Gasteiger partial charge in [-0.3, -0.25) is 4.79 Å². The van der Waals surface area contributed by atoms with E-state index in [2.05, 4.69) is 19.9 Å². The molecule has 4 aliphatic carbocycles. The second-order valence-corrected chi connectivity index (χ2v) is 18.0. The molecule has 0 amide bonds. The van der Waals surface area contributed by atoms with Gasteiger partial charge < -0.3 is 74.4 Å². The molecule has 314 valence electrons. The molecule has 23 atom stereocenters. The first kappa shape index (κ1) is 42.0. The Balaban J connectivity index is 1.10. The molecular weight excluding hydrogens is 724 g/mol. The molecule has 0 radical (unpaired) electrons. The van der Waals surface area contributed by atoms with Crippen LogP contribution in [0.5, 0.6) is 0 Å². The molecule has 9 N–H and O–H groups in total. The molecule has 0 unspecified atom stereocenters. The second-order valence-electron chi connectivity index (χ2n) is 18.0. The van der Waals surface area contributed by atoms with Crippen molar-refractivity contribution < 1.29 is 79.2 Å². The molecule has 0 spiro atoms. The minimum atomic E-state index is -1.73. The monoisotopic (exact) mass is 786 g/mol. The number of hydrogen-bond donors (Lipinski definition) is 9. The number of rotatable bonds is 8. The predicted octanol–water partition coefficient (Wildman–Crippen LogP) is -0.986. The SMILES string of the molecule is CC(=O)[C@H]1[C@@H](O)C[C@H]2[C@@H]3CC=C4C[C@@H](O[C@@H]5O[C@H](CO)[C@@H](O[C@@H]6O[C@@H](C)[C@H](O)[C@@H](O)[C@H]6O)[C@H](O)[C@H]5O[C@@H]5O[C@@H](C)[C@H](O)[C@@H](O)[C@H]5O)CC[C@]4(C)[C@H]3CC[C@@]21C. The summed E-state index contributed by atoms with van der Waals surface area (Å²) in [6.07, 6.45) is -15.2. The van der Waals surface area contributed by atoms with E-state index in [1.54, 1.807) is 6.92 Å². The lowest BCUT2D eigenvalue weighted by Gasteiger charge is -2.58. The van der Waals surface area contributed by atoms with Crippen LogP contribution in [0.4, 0.5) is 0 Å². The summed E-state index contributed by atoms with van der Waals surface area (Å²) in [7, 11) is 0. The van der Waals surface area contributed by atoms with Crippen molar-refractivity contribution in [3.63, 3.8) is 0 Å². The Morgan fingerprint density at radius 3 is 1.93 bits per heavy atom. The number of carbonyl (C=O) groups is 1. The van der Waals surface area contributed by atoms with Crippen molar-refractivity contribution in [3.8, 4) is 0 Å². The van der Waals surface area contributed by atoms with Gasteiger partial charge in [0.1, 0.15) is 66.8 Å². The summed E-state index contributed by atoms with van der Waals surface area (Å²) in [6, 6.07) is 0. The van der Waals surface area contributed by atoms with Crippen LogP contribution in [0.25, 0.3) is 0 Å². The number of ether oxygens (including phenoxy) is 6. The topological polar surface area (TPSA) is 255 Å². The zero-order chi connectivity index (χ0) is 39.9. The Kier molecular flexibility index (Phi) is 12.0. The molecular formula is C39H62O16. The molecule has 16 heteroatoms. The highest BCUT2D eigenvalue weighted by atomic mass is 16.8. The maximum Gasteiger partial charge on any atom is 0.187 e. The second kappa shape index (κ2) is 15.8. The van der Waals surface area contributed by atoms with Gasteiger partial charge in [0.2, 0.25) is 0 Å². The van der Waals surface area contributed by atoms with Crippen molar-refractivity contribution in [2.24, 2.45) is 34.5 Å². The summed E-state index contributed by atoms with van der Waals surface area (Å²) in [5, 5.41) is 96.2. The minimum Gasteiger partial charge on any atom is -0.394 e. The molecule has 3 saturated carbocycles. The zero-order valence-electron chi connectivity index (χ0n) is 32.2. The molecule has 3 saturated heterocycles. The molecule has 3 heterocycles. The van der Waals surface area contributed by atoms with Crippen LogP contribution >= 0.6 is 0 Å². The lowest BCUT2D eigenvalue weighted by molar-refractivity contribution is -0.388. The van der Waals surface area contributed by atoms with Gasteiger partial charge in [-0.15, -0.1) is 0 Å². The highest BCUT2D eigenvalue weighted by molar-refractivity contribution is 5.80. The van der Waals surface area contributed by atoms with Crippen molar-refractivity contribution in [3.05, 3.63) is 11.6 Å². The number of allylic oxidation sites excluding steroid dienone is 1. The first-order valence-electron chi connectivity index (χ1n) is 20.1. The summed E-state index contributed by atoms with van der Waals surface area (Å²) in [6.45, 7) is 8.38. The van der Waals surface area contributed by atoms with E-state index in [1.807, 2.05) is 0 Å². The molecule has 7 rings (SSSR count). The fraction of sp³-hybridized carbons (Fsp3) is 0.923. The van der Waals surface area contributed by atoms with E-state index in [4.69, 9.17) is 28.4 Å². The highest BCUT2D eigenvalue weighted by Gasteiger charge is 2.62. The van der Waals surface area contributed by atoms with Gasteiger partial charge in [0, 0.05) is 5.92 Å². The Hall–Kier alpha value is -1.19. The maximum atomic E-state index is 12.7. The summed E-state index contributed by atoms with van der Waals surface area (Å²) < 4.78 is 36.2. The predicted molar refractivity (Wildman–Crippen MR) is 188 cm³/mol. The van der Waals surface area contributed by atoms with Crippen LogP contribution in [0.15, 0.2) is 11.6 Å². The lowest BCUT2D eigenvalue weighted by atomic mass is 9.47. The van der Waals surface area contributed by atoms with Gasteiger partial charge in [0.05, 0.1) is 31.0 Å². The van der Waals surface area contributed by atoms with Crippen molar-refractivity contribution in [2.45, 2.75) is 184 Å². The van der Waals surface area contributed by atoms with Crippen molar-refractivity contribution in [1.82, 2.24) is 0 Å². The Morgan fingerprint density at radius 2 is 1.35 bits per heavy atom. The number of carbonyl (C=O) groups excluding carboxylic acids is 1. The van der Waals surface area contributed by atoms with Gasteiger partial charge >= 0.3 is 0 Å². The number of ketones is 1. The number of hydrogen-bond acceptors (Lipinski definition) is 16. The summed E-state index contributed by atoms with van der Waals surface area (Å²) in [4.78, 5) is 12.7. The van der Waals surface area contributed by atoms with Gasteiger partial charge in [-0.05, 0) is 94.3 Å². The molecule has 3 aliphatic heterocycles. The van der Waals surface area contributed by atoms with Crippen molar-refractivity contribution >= 4 is 5.78 Å². The van der Waals surface area contributed by atoms with Crippen LogP contribution in [-0.4, -0.2) is 163 Å². The largest absolute Gasteiger partial charge is 0.394 e. The fourth-order valence-corrected chi connectivity index (χ4v) is 11.7. The molecule has 16 nitrogen and oxygen atoms in total. The Bertz CT molecular complexity index is 1420. The highest BCUT2D eigenvalue weighted by Crippen LogP contribution is 2.66. The third kappa shape index (κ3) is 7.18. The number of fused-ring (bicyclic) bond motifs is 5. The quantitative estimate of drug-likeness (QED) is 0.134. The first-order valence-corrected chi connectivity index (χ1v) is 20.1. The maximum absolute atomic E-state index is 12.7. The average Bonchev–Trinajstić information content (AvgIpc) is 3.43. The van der Waals surface area contributed by atoms with Crippen LogP contribution in [-0.2, 0) is 33.2 Å². The van der Waals surface area contributed by atoms with Gasteiger partial charge in [-0.25, -0.2) is 0 Å². The van der Waals surface area contributed by atoms with Gasteiger partial charge in [-0.1, -0.05) is 25.5 Å². The minimum absolute atomic E-state index is 0.0616. The Labute approximate surface area is 321 Å². The standard InChI is InChI=1S/C39H62O16/c1-15(41)25-23(42)13-22-20-7-6-18-12-19(8-10-38(18,4)21(20)9-11-39(22,25)5)52-37-34(55-36-31(48)29(46)27(44)17(3)51-36)32(49)33(24(14-40)53-37)54-35-30(47)28(45)26(43)16(2)50-35/h6,16-17,19-37,40,42-49H,7-14H2,1-5H3/t16-,17-,19-,20+,21-,22-,23-,24+,25-,26-,27-,28+,29+,30+,31+,32-,33+,34+,35-,36-,37+,38-,39-/m0/s1. The molecule has 0 aromatic carbocycles. The van der Waals surface area contributed by atoms with Crippen LogP contribution in [0.3, 0.4) is 0 Å². The van der Waals surface area contributed by atoms with E-state index in [0.717, 1.165) is 25.7 Å². The van der Waals surface area contributed by atoms with E-state index in [-0.39, 0.29) is 28.4 Å². The number of Topliss-reactive ketones (excluding diaryl/α,β-unsaturated/α-hetero) is 1. The summed E-state index contributed by atoms with van der Waals surface area (Å²) in [5.41, 5.74) is 0.900. The van der Waals surface area contributed by atoms with Crippen molar-refractivity contribution in [1.29, 1.82) is 0 Å². The normalized spacial score (nSPS) is 55.5. The number of aliphatic hydroxyl groups excluding tert-OH is 9. The smallest absolute Gasteiger partial charge is 0.187 e. The van der Waals surface area contributed by atoms with Gasteiger partial charge in [-0.2, -0.15) is 0 Å². The van der Waals surface area contributed by atoms with E-state index < -0.39 is 111 Å². The molecule has 0 aromatic heterocycles. The fourth-order valence-electron chi connectivity index (χ4n) is 11.7. The first-order chi connectivity index (χ1) is 25.9. The van der Waals surface area contributed by atoms with Crippen molar-refractivity contribution in [2.75, 3.05) is 6.61 Å². The average molecular weight is 787 g/mol. The Morgan fingerprint density at radius 1 is 0.745 bits per heavy atom. The lowest BCUT2D eigenvalue weighted by Crippen LogP contribution is -2.66. The van der Waals surface area contributed by atoms with E-state index >= 15 is 0 Å². The zero-order valence-corrected chi connectivity index (χ0v) is 32.2. The molecule has 7 aliphatic rings. The third-order valence-electron chi connectivity index (χ3n) is 14.8. The van der Waals surface area contributed by atoms with E-state index in [9.17, 15) is 50.8 Å². The van der Waals surface area contributed by atoms with Gasteiger partial charge in [0.25, 0.3) is 0 Å². The molecule has 6 fully saturated rings. The van der Waals surface area contributed by atoms with Crippen LogP contribution in [0, 0.1) is 34.5 Å². The third-order valence-corrected chi connectivity index (χ3v) is 14.8. The van der Waals surface area contributed by atoms with Gasteiger partial charge in [0.15, 0.2) is 18.9 Å². The van der Waals surface area contributed by atoms with E-state index in [0.29, 0.717) is 31.1 Å². The van der Waals surface area contributed by atoms with E-state index in [1.165, 1.54) is 19.4 Å².